The maximum Gasteiger partial charge on any atom is 0.105 e. The van der Waals surface area contributed by atoms with Gasteiger partial charge in [-0.1, -0.05) is 33.1 Å². The molecule has 0 bridgehead atoms. The molecule has 0 spiro atoms. The zero-order valence-corrected chi connectivity index (χ0v) is 13.7. The first-order valence-corrected chi connectivity index (χ1v) is 8.46. The summed E-state index contributed by atoms with van der Waals surface area (Å²) >= 11 is 0. The lowest BCUT2D eigenvalue weighted by atomic mass is 9.76. The van der Waals surface area contributed by atoms with Crippen molar-refractivity contribution in [3.63, 3.8) is 0 Å². The van der Waals surface area contributed by atoms with E-state index in [1.54, 1.807) is 0 Å². The molecule has 2 heteroatoms. The van der Waals surface area contributed by atoms with Crippen LogP contribution in [0.25, 0.3) is 0 Å². The largest absolute Gasteiger partial charge is 0.466 e. The van der Waals surface area contributed by atoms with Crippen LogP contribution in [0.3, 0.4) is 0 Å². The number of hydrogen-bond donors (Lipinski definition) is 1. The van der Waals surface area contributed by atoms with Gasteiger partial charge in [-0.3, -0.25) is 0 Å². The number of aryl methyl sites for hydroxylation is 2. The number of rotatable bonds is 6. The molecule has 0 aromatic carbocycles. The summed E-state index contributed by atoms with van der Waals surface area (Å²) in [6, 6.07) is 2.74. The summed E-state index contributed by atoms with van der Waals surface area (Å²) in [6.45, 7) is 9.84. The molecule has 1 unspecified atom stereocenters. The van der Waals surface area contributed by atoms with E-state index in [4.69, 9.17) is 4.42 Å². The molecule has 0 aliphatic heterocycles. The molecule has 0 saturated heterocycles. The minimum absolute atomic E-state index is 0.491. The first-order chi connectivity index (χ1) is 9.65. The molecule has 0 amide bonds. The van der Waals surface area contributed by atoms with Crippen LogP contribution in [0.4, 0.5) is 0 Å². The minimum Gasteiger partial charge on any atom is -0.466 e. The van der Waals surface area contributed by atoms with Crippen LogP contribution < -0.4 is 5.32 Å². The molecule has 114 valence electrons. The zero-order valence-electron chi connectivity index (χ0n) is 13.7. The predicted molar refractivity (Wildman–Crippen MR) is 85.0 cm³/mol. The lowest BCUT2D eigenvalue weighted by Gasteiger charge is -2.34. The molecule has 1 fully saturated rings. The second-order valence-corrected chi connectivity index (χ2v) is 6.49. The van der Waals surface area contributed by atoms with Gasteiger partial charge in [0.1, 0.15) is 11.5 Å². The van der Waals surface area contributed by atoms with Crippen LogP contribution in [-0.4, -0.2) is 6.54 Å². The summed E-state index contributed by atoms with van der Waals surface area (Å²) in [4.78, 5) is 0. The van der Waals surface area contributed by atoms with Crippen LogP contribution in [-0.2, 0) is 0 Å². The molecule has 0 radical (unpaired) electrons. The lowest BCUT2D eigenvalue weighted by molar-refractivity contribution is 0.217. The van der Waals surface area contributed by atoms with E-state index in [2.05, 4.69) is 39.1 Å². The van der Waals surface area contributed by atoms with Crippen LogP contribution >= 0.6 is 0 Å². The van der Waals surface area contributed by atoms with Gasteiger partial charge in [0.25, 0.3) is 0 Å². The second kappa shape index (κ2) is 7.31. The summed E-state index contributed by atoms with van der Waals surface area (Å²) in [5.41, 5.74) is 1.40. The van der Waals surface area contributed by atoms with Gasteiger partial charge in [0, 0.05) is 11.6 Å². The maximum absolute atomic E-state index is 5.77. The standard InChI is InChI=1S/C18H31NO/c1-5-11-19-18(17-12-13(3)20-14(17)4)16-9-7-15(6-2)8-10-16/h12,15-16,18-19H,5-11H2,1-4H3. The van der Waals surface area contributed by atoms with Crippen molar-refractivity contribution >= 4 is 0 Å². The SMILES string of the molecule is CCCNC(c1cc(C)oc1C)C1CCC(CC)CC1. The Morgan fingerprint density at radius 1 is 1.20 bits per heavy atom. The average molecular weight is 277 g/mol. The molecule has 1 aromatic rings. The highest BCUT2D eigenvalue weighted by molar-refractivity contribution is 5.25. The van der Waals surface area contributed by atoms with Gasteiger partial charge < -0.3 is 9.73 Å². The van der Waals surface area contributed by atoms with E-state index in [-0.39, 0.29) is 0 Å². The molecular weight excluding hydrogens is 246 g/mol. The molecule has 1 aliphatic carbocycles. The lowest BCUT2D eigenvalue weighted by Crippen LogP contribution is -2.31. The Bertz CT molecular complexity index is 402. The van der Waals surface area contributed by atoms with Crippen molar-refractivity contribution in [2.24, 2.45) is 11.8 Å². The van der Waals surface area contributed by atoms with E-state index < -0.39 is 0 Å². The van der Waals surface area contributed by atoms with Crippen molar-refractivity contribution < 1.29 is 4.42 Å². The summed E-state index contributed by atoms with van der Waals surface area (Å²) in [7, 11) is 0. The third-order valence-corrected chi connectivity index (χ3v) is 4.97. The van der Waals surface area contributed by atoms with Crippen molar-refractivity contribution in [1.29, 1.82) is 0 Å². The van der Waals surface area contributed by atoms with E-state index in [0.717, 1.165) is 29.9 Å². The quantitative estimate of drug-likeness (QED) is 0.777. The summed E-state index contributed by atoms with van der Waals surface area (Å²) in [5.74, 6) is 3.89. The molecule has 20 heavy (non-hydrogen) atoms. The van der Waals surface area contributed by atoms with E-state index in [9.17, 15) is 0 Å². The normalized spacial score (nSPS) is 24.8. The van der Waals surface area contributed by atoms with Gasteiger partial charge in [0.15, 0.2) is 0 Å². The van der Waals surface area contributed by atoms with E-state index >= 15 is 0 Å². The first kappa shape index (κ1) is 15.6. The molecular formula is C18H31NO. The van der Waals surface area contributed by atoms with Gasteiger partial charge in [0.05, 0.1) is 0 Å². The van der Waals surface area contributed by atoms with Gasteiger partial charge >= 0.3 is 0 Å². The highest BCUT2D eigenvalue weighted by atomic mass is 16.3. The molecule has 1 saturated carbocycles. The molecule has 1 heterocycles. The van der Waals surface area contributed by atoms with Gasteiger partial charge in [0.2, 0.25) is 0 Å². The first-order valence-electron chi connectivity index (χ1n) is 8.46. The Morgan fingerprint density at radius 2 is 1.90 bits per heavy atom. The van der Waals surface area contributed by atoms with Crippen molar-refractivity contribution in [3.05, 3.63) is 23.2 Å². The molecule has 2 nitrogen and oxygen atoms in total. The number of nitrogens with one attached hydrogen (secondary N) is 1. The van der Waals surface area contributed by atoms with Crippen molar-refractivity contribution in [1.82, 2.24) is 5.32 Å². The van der Waals surface area contributed by atoms with Crippen LogP contribution in [0.15, 0.2) is 10.5 Å². The third kappa shape index (κ3) is 3.66. The van der Waals surface area contributed by atoms with Crippen molar-refractivity contribution in [2.45, 2.75) is 72.3 Å². The Morgan fingerprint density at radius 3 is 2.40 bits per heavy atom. The minimum atomic E-state index is 0.491. The Hall–Kier alpha value is -0.760. The highest BCUT2D eigenvalue weighted by Crippen LogP contribution is 2.39. The Balaban J connectivity index is 2.09. The van der Waals surface area contributed by atoms with Gasteiger partial charge in [-0.15, -0.1) is 0 Å². The van der Waals surface area contributed by atoms with Crippen LogP contribution in [0.2, 0.25) is 0 Å². The smallest absolute Gasteiger partial charge is 0.105 e. The molecule has 1 aliphatic rings. The fourth-order valence-corrected chi connectivity index (χ4v) is 3.72. The fraction of sp³-hybridized carbons (Fsp3) is 0.778. The molecule has 2 rings (SSSR count). The molecule has 1 atom stereocenters. The third-order valence-electron chi connectivity index (χ3n) is 4.97. The predicted octanol–water partition coefficient (Wildman–Crippen LogP) is 5.15. The van der Waals surface area contributed by atoms with Crippen molar-refractivity contribution in [3.8, 4) is 0 Å². The van der Waals surface area contributed by atoms with Gasteiger partial charge in [-0.2, -0.15) is 0 Å². The van der Waals surface area contributed by atoms with Crippen LogP contribution in [0.5, 0.6) is 0 Å². The average Bonchev–Trinajstić information content (AvgIpc) is 2.79. The molecule has 1 N–H and O–H groups in total. The van der Waals surface area contributed by atoms with E-state index in [1.807, 2.05) is 0 Å². The highest BCUT2D eigenvalue weighted by Gasteiger charge is 2.29. The van der Waals surface area contributed by atoms with Crippen LogP contribution in [0, 0.1) is 25.7 Å². The fourth-order valence-electron chi connectivity index (χ4n) is 3.72. The molecule has 1 aromatic heterocycles. The van der Waals surface area contributed by atoms with Gasteiger partial charge in [-0.05, 0) is 57.6 Å². The number of furan rings is 1. The topological polar surface area (TPSA) is 25.2 Å². The summed E-state index contributed by atoms with van der Waals surface area (Å²) in [6.07, 6.45) is 8.08. The monoisotopic (exact) mass is 277 g/mol. The van der Waals surface area contributed by atoms with Crippen LogP contribution in [0.1, 0.15) is 75.5 Å². The van der Waals surface area contributed by atoms with Gasteiger partial charge in [-0.25, -0.2) is 0 Å². The second-order valence-electron chi connectivity index (χ2n) is 6.49. The van der Waals surface area contributed by atoms with E-state index in [1.165, 1.54) is 44.1 Å². The Kier molecular flexibility index (Phi) is 5.71. The maximum atomic E-state index is 5.77. The van der Waals surface area contributed by atoms with E-state index in [0.29, 0.717) is 6.04 Å². The number of hydrogen-bond acceptors (Lipinski definition) is 2. The Labute approximate surface area is 124 Å². The van der Waals surface area contributed by atoms with Crippen molar-refractivity contribution in [2.75, 3.05) is 6.54 Å². The zero-order chi connectivity index (χ0) is 14.5. The summed E-state index contributed by atoms with van der Waals surface area (Å²) in [5, 5.41) is 3.78. The summed E-state index contributed by atoms with van der Waals surface area (Å²) < 4.78 is 5.77.